The summed E-state index contributed by atoms with van der Waals surface area (Å²) in [6.07, 6.45) is 1.51. The van der Waals surface area contributed by atoms with Gasteiger partial charge in [-0.05, 0) is 36.6 Å². The number of hydrogen-bond acceptors (Lipinski definition) is 2. The standard InChI is InChI=1S/C11H12BrClN4O/c12-8-3-4-9(10(13)7-8)11(18)15-5-1-2-6-16-17-14/h3-4,7H,1-2,5-6H2,(H,15,18). The fraction of sp³-hybridized carbons (Fsp3) is 0.364. The molecule has 5 nitrogen and oxygen atoms in total. The molecule has 1 N–H and O–H groups in total. The maximum absolute atomic E-state index is 11.8. The second-order valence-corrected chi connectivity index (χ2v) is 4.86. The molecule has 0 aromatic heterocycles. The third-order valence-electron chi connectivity index (χ3n) is 2.21. The number of azide groups is 1. The molecular weight excluding hydrogens is 320 g/mol. The largest absolute Gasteiger partial charge is 0.352 e. The van der Waals surface area contributed by atoms with Crippen LogP contribution >= 0.6 is 27.5 Å². The number of carbonyl (C=O) groups excluding carboxylic acids is 1. The van der Waals surface area contributed by atoms with E-state index in [1.165, 1.54) is 0 Å². The highest BCUT2D eigenvalue weighted by atomic mass is 79.9. The molecule has 0 heterocycles. The van der Waals surface area contributed by atoms with Crippen molar-refractivity contribution in [2.45, 2.75) is 12.8 Å². The van der Waals surface area contributed by atoms with Crippen LogP contribution < -0.4 is 5.32 Å². The molecule has 96 valence electrons. The second-order valence-electron chi connectivity index (χ2n) is 3.54. The van der Waals surface area contributed by atoms with Crippen LogP contribution in [0.1, 0.15) is 23.2 Å². The molecule has 7 heteroatoms. The lowest BCUT2D eigenvalue weighted by Crippen LogP contribution is -2.24. The van der Waals surface area contributed by atoms with Crippen LogP contribution in [0.15, 0.2) is 27.8 Å². The van der Waals surface area contributed by atoms with E-state index in [1.54, 1.807) is 18.2 Å². The Hall–Kier alpha value is -1.23. The molecule has 0 atom stereocenters. The first-order valence-electron chi connectivity index (χ1n) is 5.39. The van der Waals surface area contributed by atoms with Gasteiger partial charge in [-0.2, -0.15) is 0 Å². The lowest BCUT2D eigenvalue weighted by atomic mass is 10.2. The Morgan fingerprint density at radius 1 is 1.50 bits per heavy atom. The summed E-state index contributed by atoms with van der Waals surface area (Å²) < 4.78 is 0.832. The van der Waals surface area contributed by atoms with Gasteiger partial charge in [0.25, 0.3) is 5.91 Å². The van der Waals surface area contributed by atoms with E-state index in [-0.39, 0.29) is 5.91 Å². The minimum Gasteiger partial charge on any atom is -0.352 e. The molecule has 1 aromatic carbocycles. The molecule has 1 aromatic rings. The van der Waals surface area contributed by atoms with Crippen LogP contribution in [0.2, 0.25) is 5.02 Å². The summed E-state index contributed by atoms with van der Waals surface area (Å²) in [6, 6.07) is 5.11. The van der Waals surface area contributed by atoms with Crippen molar-refractivity contribution in [3.05, 3.63) is 43.7 Å². The lowest BCUT2D eigenvalue weighted by molar-refractivity contribution is 0.0953. The zero-order valence-electron chi connectivity index (χ0n) is 9.57. The van der Waals surface area contributed by atoms with Crippen LogP contribution in [-0.2, 0) is 0 Å². The Morgan fingerprint density at radius 3 is 2.94 bits per heavy atom. The van der Waals surface area contributed by atoms with Crippen LogP contribution in [0.4, 0.5) is 0 Å². The van der Waals surface area contributed by atoms with Crippen molar-refractivity contribution in [2.24, 2.45) is 5.11 Å². The number of halogens is 2. The van der Waals surface area contributed by atoms with Gasteiger partial charge in [0.15, 0.2) is 0 Å². The maximum Gasteiger partial charge on any atom is 0.252 e. The van der Waals surface area contributed by atoms with Crippen LogP contribution in [0.3, 0.4) is 0 Å². The van der Waals surface area contributed by atoms with E-state index in [2.05, 4.69) is 31.3 Å². The summed E-state index contributed by atoms with van der Waals surface area (Å²) in [4.78, 5) is 14.4. The van der Waals surface area contributed by atoms with Crippen molar-refractivity contribution < 1.29 is 4.79 Å². The first kappa shape index (κ1) is 14.8. The molecule has 1 amide bonds. The van der Waals surface area contributed by atoms with Gasteiger partial charge in [0.05, 0.1) is 10.6 Å². The topological polar surface area (TPSA) is 77.9 Å². The summed E-state index contributed by atoms with van der Waals surface area (Å²) in [6.45, 7) is 0.984. The van der Waals surface area contributed by atoms with Crippen molar-refractivity contribution in [3.8, 4) is 0 Å². The number of nitrogens with one attached hydrogen (secondary N) is 1. The number of carbonyl (C=O) groups is 1. The van der Waals surface area contributed by atoms with E-state index >= 15 is 0 Å². The summed E-state index contributed by atoms with van der Waals surface area (Å²) in [5.41, 5.74) is 8.54. The van der Waals surface area contributed by atoms with Crippen LogP contribution in [0, 0.1) is 0 Å². The molecule has 0 aliphatic heterocycles. The van der Waals surface area contributed by atoms with Crippen molar-refractivity contribution in [3.63, 3.8) is 0 Å². The van der Waals surface area contributed by atoms with E-state index in [9.17, 15) is 4.79 Å². The second kappa shape index (κ2) is 7.97. The van der Waals surface area contributed by atoms with Crippen molar-refractivity contribution in [1.29, 1.82) is 0 Å². The molecular formula is C11H12BrClN4O. The van der Waals surface area contributed by atoms with Crippen LogP contribution in [-0.4, -0.2) is 19.0 Å². The van der Waals surface area contributed by atoms with Gasteiger partial charge in [-0.15, -0.1) is 0 Å². The Morgan fingerprint density at radius 2 is 2.28 bits per heavy atom. The molecule has 18 heavy (non-hydrogen) atoms. The highest BCUT2D eigenvalue weighted by Gasteiger charge is 2.09. The Kier molecular flexibility index (Phi) is 6.57. The van der Waals surface area contributed by atoms with Gasteiger partial charge in [-0.1, -0.05) is 32.6 Å². The average Bonchev–Trinajstić information content (AvgIpc) is 2.33. The zero-order valence-corrected chi connectivity index (χ0v) is 11.9. The molecule has 0 spiro atoms. The van der Waals surface area contributed by atoms with Gasteiger partial charge in [0.1, 0.15) is 0 Å². The SMILES string of the molecule is [N-]=[N+]=NCCCCNC(=O)c1ccc(Br)cc1Cl. The van der Waals surface area contributed by atoms with Gasteiger partial charge in [-0.3, -0.25) is 4.79 Å². The average molecular weight is 332 g/mol. The van der Waals surface area contributed by atoms with Crippen molar-refractivity contribution in [1.82, 2.24) is 5.32 Å². The zero-order chi connectivity index (χ0) is 13.4. The van der Waals surface area contributed by atoms with Crippen LogP contribution in [0.5, 0.6) is 0 Å². The molecule has 0 fully saturated rings. The normalized spacial score (nSPS) is 9.67. The fourth-order valence-electron chi connectivity index (χ4n) is 1.32. The molecule has 0 bridgehead atoms. The Labute approximate surface area is 118 Å². The quantitative estimate of drug-likeness (QED) is 0.364. The summed E-state index contributed by atoms with van der Waals surface area (Å²) in [7, 11) is 0. The Bertz CT molecular complexity index is 474. The molecule has 0 aliphatic rings. The van der Waals surface area contributed by atoms with Crippen LogP contribution in [0.25, 0.3) is 10.4 Å². The van der Waals surface area contributed by atoms with E-state index < -0.39 is 0 Å². The summed E-state index contributed by atoms with van der Waals surface area (Å²) in [5, 5.41) is 6.59. The molecule has 0 radical (unpaired) electrons. The van der Waals surface area contributed by atoms with Crippen molar-refractivity contribution in [2.75, 3.05) is 13.1 Å². The van der Waals surface area contributed by atoms with E-state index in [0.717, 1.165) is 17.3 Å². The predicted molar refractivity (Wildman–Crippen MR) is 74.7 cm³/mol. The van der Waals surface area contributed by atoms with Gasteiger partial charge in [0.2, 0.25) is 0 Å². The van der Waals surface area contributed by atoms with E-state index in [0.29, 0.717) is 23.7 Å². The number of amides is 1. The third-order valence-corrected chi connectivity index (χ3v) is 3.02. The number of rotatable bonds is 6. The molecule has 0 saturated carbocycles. The molecule has 0 aliphatic carbocycles. The lowest BCUT2D eigenvalue weighted by Gasteiger charge is -2.06. The Balaban J connectivity index is 2.38. The molecule has 1 rings (SSSR count). The predicted octanol–water partition coefficient (Wildman–Crippen LogP) is 3.92. The van der Waals surface area contributed by atoms with E-state index in [1.807, 2.05) is 0 Å². The minimum absolute atomic E-state index is 0.198. The molecule has 0 saturated heterocycles. The van der Waals surface area contributed by atoms with E-state index in [4.69, 9.17) is 17.1 Å². The first-order valence-corrected chi connectivity index (χ1v) is 6.56. The smallest absolute Gasteiger partial charge is 0.252 e. The monoisotopic (exact) mass is 330 g/mol. The minimum atomic E-state index is -0.198. The number of hydrogen-bond donors (Lipinski definition) is 1. The molecule has 0 unspecified atom stereocenters. The highest BCUT2D eigenvalue weighted by molar-refractivity contribution is 9.10. The fourth-order valence-corrected chi connectivity index (χ4v) is 2.08. The van der Waals surface area contributed by atoms with Gasteiger partial charge < -0.3 is 5.32 Å². The number of benzene rings is 1. The van der Waals surface area contributed by atoms with Gasteiger partial charge in [-0.25, -0.2) is 0 Å². The first-order chi connectivity index (χ1) is 8.65. The van der Waals surface area contributed by atoms with Crippen molar-refractivity contribution >= 4 is 33.4 Å². The maximum atomic E-state index is 11.8. The van der Waals surface area contributed by atoms with Gasteiger partial charge >= 0.3 is 0 Å². The number of nitrogens with zero attached hydrogens (tertiary/aromatic N) is 3. The highest BCUT2D eigenvalue weighted by Crippen LogP contribution is 2.21. The summed E-state index contributed by atoms with van der Waals surface area (Å²) in [5.74, 6) is -0.198. The number of unbranched alkanes of at least 4 members (excludes halogenated alkanes) is 1. The third kappa shape index (κ3) is 4.96. The summed E-state index contributed by atoms with van der Waals surface area (Å²) >= 11 is 9.24. The van der Waals surface area contributed by atoms with Gasteiger partial charge in [0, 0.05) is 22.5 Å².